The molecule has 1 saturated heterocycles. The highest BCUT2D eigenvalue weighted by Crippen LogP contribution is 2.34. The maximum Gasteiger partial charge on any atom is 0.127 e. The largest absolute Gasteiger partial charge is 0.497 e. The number of aliphatic hydroxyl groups excluding tert-OH is 1. The average Bonchev–Trinajstić information content (AvgIpc) is 2.85. The van der Waals surface area contributed by atoms with Crippen LogP contribution in [0.1, 0.15) is 29.0 Å². The molecule has 5 heteroatoms. The summed E-state index contributed by atoms with van der Waals surface area (Å²) < 4.78 is 17.1. The van der Waals surface area contributed by atoms with E-state index in [4.69, 9.17) is 14.2 Å². The summed E-state index contributed by atoms with van der Waals surface area (Å²) in [5, 5.41) is 14.4. The maximum atomic E-state index is 11.0. The molecule has 5 nitrogen and oxygen atoms in total. The van der Waals surface area contributed by atoms with Crippen LogP contribution in [0.3, 0.4) is 0 Å². The summed E-state index contributed by atoms with van der Waals surface area (Å²) in [6, 6.07) is 26.4. The van der Waals surface area contributed by atoms with Gasteiger partial charge in [0, 0.05) is 30.5 Å². The second-order valence-corrected chi connectivity index (χ2v) is 8.14. The minimum atomic E-state index is -0.507. The number of ether oxygens (including phenoxy) is 3. The van der Waals surface area contributed by atoms with Crippen LogP contribution in [-0.2, 0) is 11.3 Å². The van der Waals surface area contributed by atoms with Crippen molar-refractivity contribution in [2.75, 3.05) is 20.8 Å². The number of benzene rings is 3. The zero-order valence-electron chi connectivity index (χ0n) is 18.6. The molecule has 3 aromatic carbocycles. The van der Waals surface area contributed by atoms with E-state index >= 15 is 0 Å². The summed E-state index contributed by atoms with van der Waals surface area (Å²) in [4.78, 5) is 0. The van der Waals surface area contributed by atoms with Crippen LogP contribution in [-0.4, -0.2) is 44.2 Å². The number of rotatable bonds is 8. The van der Waals surface area contributed by atoms with Gasteiger partial charge < -0.3 is 24.6 Å². The summed E-state index contributed by atoms with van der Waals surface area (Å²) >= 11 is 0. The summed E-state index contributed by atoms with van der Waals surface area (Å²) in [5.74, 6) is 1.59. The van der Waals surface area contributed by atoms with Gasteiger partial charge in [-0.2, -0.15) is 0 Å². The van der Waals surface area contributed by atoms with Crippen molar-refractivity contribution in [2.24, 2.45) is 0 Å². The Morgan fingerprint density at radius 3 is 2.16 bits per heavy atom. The van der Waals surface area contributed by atoms with Crippen LogP contribution in [0.2, 0.25) is 0 Å². The van der Waals surface area contributed by atoms with Crippen molar-refractivity contribution in [1.82, 2.24) is 5.32 Å². The Morgan fingerprint density at radius 1 is 0.938 bits per heavy atom. The second-order valence-electron chi connectivity index (χ2n) is 8.14. The highest BCUT2D eigenvalue weighted by Gasteiger charge is 2.35. The number of nitrogens with one attached hydrogen (secondary N) is 1. The van der Waals surface area contributed by atoms with Crippen molar-refractivity contribution in [3.8, 4) is 11.5 Å². The molecule has 32 heavy (non-hydrogen) atoms. The number of aliphatic hydroxyl groups is 1. The van der Waals surface area contributed by atoms with Crippen LogP contribution >= 0.6 is 0 Å². The predicted molar refractivity (Wildman–Crippen MR) is 125 cm³/mol. The Kier molecular flexibility index (Phi) is 7.43. The van der Waals surface area contributed by atoms with Crippen LogP contribution in [0.5, 0.6) is 11.5 Å². The van der Waals surface area contributed by atoms with Crippen LogP contribution in [0.4, 0.5) is 0 Å². The van der Waals surface area contributed by atoms with Crippen LogP contribution in [0, 0.1) is 0 Å². The lowest BCUT2D eigenvalue weighted by Crippen LogP contribution is -2.50. The maximum absolute atomic E-state index is 11.0. The van der Waals surface area contributed by atoms with Crippen molar-refractivity contribution >= 4 is 0 Å². The first-order valence-corrected chi connectivity index (χ1v) is 11.0. The smallest absolute Gasteiger partial charge is 0.127 e. The van der Waals surface area contributed by atoms with E-state index in [1.54, 1.807) is 14.2 Å². The molecular formula is C27H31NO4. The SMILES string of the molecule is COc1ccc(CN[C@@H]2CO[C@H](C(c3ccccc3)c3ccccc3)CC2O)c(OC)c1. The van der Waals surface area contributed by atoms with E-state index in [2.05, 4.69) is 53.8 Å². The summed E-state index contributed by atoms with van der Waals surface area (Å²) in [6.45, 7) is 1.02. The van der Waals surface area contributed by atoms with Crippen molar-refractivity contribution < 1.29 is 19.3 Å². The average molecular weight is 434 g/mol. The minimum Gasteiger partial charge on any atom is -0.497 e. The Labute approximate surface area is 190 Å². The van der Waals surface area contributed by atoms with E-state index in [0.29, 0.717) is 19.6 Å². The molecule has 0 bridgehead atoms. The van der Waals surface area contributed by atoms with E-state index in [-0.39, 0.29) is 18.1 Å². The fraction of sp³-hybridized carbons (Fsp3) is 0.333. The van der Waals surface area contributed by atoms with Crippen LogP contribution in [0.25, 0.3) is 0 Å². The Balaban J connectivity index is 1.44. The molecule has 0 aliphatic carbocycles. The molecule has 1 heterocycles. The first-order valence-electron chi connectivity index (χ1n) is 11.0. The van der Waals surface area contributed by atoms with Crippen LogP contribution < -0.4 is 14.8 Å². The monoisotopic (exact) mass is 433 g/mol. The van der Waals surface area contributed by atoms with Gasteiger partial charge >= 0.3 is 0 Å². The van der Waals surface area contributed by atoms with Crippen molar-refractivity contribution in [3.05, 3.63) is 95.6 Å². The Morgan fingerprint density at radius 2 is 1.59 bits per heavy atom. The lowest BCUT2D eigenvalue weighted by Gasteiger charge is -2.38. The third kappa shape index (κ3) is 5.13. The molecule has 3 atom stereocenters. The second kappa shape index (κ2) is 10.6. The third-order valence-corrected chi connectivity index (χ3v) is 6.17. The molecule has 0 radical (unpaired) electrons. The van der Waals surface area contributed by atoms with E-state index < -0.39 is 6.10 Å². The molecular weight excluding hydrogens is 402 g/mol. The zero-order chi connectivity index (χ0) is 22.3. The molecule has 0 saturated carbocycles. The third-order valence-electron chi connectivity index (χ3n) is 6.17. The molecule has 168 valence electrons. The fourth-order valence-electron chi connectivity index (χ4n) is 4.42. The van der Waals surface area contributed by atoms with Gasteiger partial charge in [-0.25, -0.2) is 0 Å². The zero-order valence-corrected chi connectivity index (χ0v) is 18.6. The van der Waals surface area contributed by atoms with E-state index in [1.165, 1.54) is 11.1 Å². The van der Waals surface area contributed by atoms with Crippen LogP contribution in [0.15, 0.2) is 78.9 Å². The molecule has 1 unspecified atom stereocenters. The van der Waals surface area contributed by atoms with E-state index in [0.717, 1.165) is 17.1 Å². The van der Waals surface area contributed by atoms with Gasteiger partial charge in [-0.3, -0.25) is 0 Å². The quantitative estimate of drug-likeness (QED) is 0.559. The molecule has 1 fully saturated rings. The Bertz CT molecular complexity index is 940. The number of hydrogen-bond donors (Lipinski definition) is 2. The molecule has 4 rings (SSSR count). The summed E-state index contributed by atoms with van der Waals surface area (Å²) in [5.41, 5.74) is 3.41. The molecule has 0 amide bonds. The lowest BCUT2D eigenvalue weighted by molar-refractivity contribution is -0.0718. The number of hydrogen-bond acceptors (Lipinski definition) is 5. The predicted octanol–water partition coefficient (Wildman–Crippen LogP) is 4.14. The minimum absolute atomic E-state index is 0.0784. The summed E-state index contributed by atoms with van der Waals surface area (Å²) in [7, 11) is 3.28. The first-order chi connectivity index (χ1) is 15.7. The standard InChI is InChI=1S/C27H31NO4/c1-30-22-14-13-21(25(15-22)31-2)17-28-23-18-32-26(16-24(23)29)27(19-9-5-3-6-10-19)20-11-7-4-8-12-20/h3-15,23-24,26-29H,16-18H2,1-2H3/t23-,24?,26+/m1/s1. The van der Waals surface area contributed by atoms with Gasteiger partial charge in [-0.05, 0) is 17.2 Å². The molecule has 0 aromatic heterocycles. The van der Waals surface area contributed by atoms with E-state index in [9.17, 15) is 5.11 Å². The van der Waals surface area contributed by atoms with Crippen molar-refractivity contribution in [2.45, 2.75) is 37.1 Å². The van der Waals surface area contributed by atoms with Gasteiger partial charge in [0.25, 0.3) is 0 Å². The van der Waals surface area contributed by atoms with Gasteiger partial charge in [0.2, 0.25) is 0 Å². The van der Waals surface area contributed by atoms with Gasteiger partial charge in [-0.15, -0.1) is 0 Å². The normalized spacial score (nSPS) is 20.8. The van der Waals surface area contributed by atoms with Crippen molar-refractivity contribution in [3.63, 3.8) is 0 Å². The fourth-order valence-corrected chi connectivity index (χ4v) is 4.42. The van der Waals surface area contributed by atoms with Gasteiger partial charge in [-0.1, -0.05) is 66.7 Å². The van der Waals surface area contributed by atoms with Gasteiger partial charge in [0.1, 0.15) is 11.5 Å². The Hall–Kier alpha value is -2.86. The number of methoxy groups -OCH3 is 2. The first kappa shape index (κ1) is 22.3. The topological polar surface area (TPSA) is 60.0 Å². The van der Waals surface area contributed by atoms with E-state index in [1.807, 2.05) is 30.3 Å². The van der Waals surface area contributed by atoms with Crippen molar-refractivity contribution in [1.29, 1.82) is 0 Å². The summed E-state index contributed by atoms with van der Waals surface area (Å²) in [6.07, 6.45) is -0.0393. The molecule has 3 aromatic rings. The molecule has 2 N–H and O–H groups in total. The molecule has 0 spiro atoms. The highest BCUT2D eigenvalue weighted by atomic mass is 16.5. The molecule has 1 aliphatic heterocycles. The van der Waals surface area contributed by atoms with Gasteiger partial charge in [0.05, 0.1) is 39.1 Å². The van der Waals surface area contributed by atoms with Gasteiger partial charge in [0.15, 0.2) is 0 Å². The molecule has 1 aliphatic rings. The highest BCUT2D eigenvalue weighted by molar-refractivity contribution is 5.40. The lowest BCUT2D eigenvalue weighted by atomic mass is 9.82.